The number of rotatable bonds is 15. The number of carbonyl (C=O) groups is 1. The second-order valence-corrected chi connectivity index (χ2v) is 10.8. The third kappa shape index (κ3) is 7.44. The molecule has 0 bridgehead atoms. The van der Waals surface area contributed by atoms with Gasteiger partial charge < -0.3 is 19.8 Å². The first-order valence-corrected chi connectivity index (χ1v) is 14.5. The van der Waals surface area contributed by atoms with Crippen LogP contribution in [0.5, 0.6) is 0 Å². The molecule has 1 atom stereocenters. The minimum absolute atomic E-state index is 0.0378. The van der Waals surface area contributed by atoms with Crippen LogP contribution in [0.25, 0.3) is 6.08 Å². The van der Waals surface area contributed by atoms with Gasteiger partial charge in [0.25, 0.3) is 0 Å². The minimum atomic E-state index is -0.210. The highest BCUT2D eigenvalue weighted by Gasteiger charge is 2.43. The van der Waals surface area contributed by atoms with E-state index in [0.717, 1.165) is 17.8 Å². The van der Waals surface area contributed by atoms with Gasteiger partial charge in [-0.25, -0.2) is 0 Å². The molecule has 0 fully saturated rings. The van der Waals surface area contributed by atoms with Crippen LogP contribution in [0.1, 0.15) is 37.8 Å². The van der Waals surface area contributed by atoms with E-state index in [-0.39, 0.29) is 30.5 Å². The highest BCUT2D eigenvalue weighted by molar-refractivity contribution is 7.80. The largest absolute Gasteiger partial charge is 0.465 e. The zero-order valence-electron chi connectivity index (χ0n) is 22.4. The quantitative estimate of drug-likeness (QED) is 0.113. The molecule has 206 valence electrons. The standard InChI is InChI=1S/C30H40N2O4S2/c1-30(2)26-6-3-4-7-27(26)32(15-5-20-36-29(35)24(22-38)14-21-37)28(30)13-10-23-8-11-25(12-9-23)31(16-18-33)17-19-34/h3-4,6-13,24,33-34H,5,14-22H2,1-2H3,(H-,37,38)/p+1. The Bertz CT molecular complexity index is 1110. The zero-order valence-corrected chi connectivity index (χ0v) is 24.2. The Morgan fingerprint density at radius 1 is 1.05 bits per heavy atom. The number of allylic oxidation sites excluding steroid dienone is 1. The lowest BCUT2D eigenvalue weighted by molar-refractivity contribution is -0.438. The molecule has 8 heteroatoms. The Labute approximate surface area is 237 Å². The smallest absolute Gasteiger partial charge is 0.309 e. The van der Waals surface area contributed by atoms with Crippen LogP contribution in [0.3, 0.4) is 0 Å². The van der Waals surface area contributed by atoms with E-state index in [9.17, 15) is 15.0 Å². The predicted octanol–water partition coefficient (Wildman–Crippen LogP) is 4.37. The molecule has 1 aliphatic rings. The van der Waals surface area contributed by atoms with Crippen LogP contribution in [0.15, 0.2) is 54.6 Å². The van der Waals surface area contributed by atoms with Crippen LogP contribution in [0, 0.1) is 5.92 Å². The lowest BCUT2D eigenvalue weighted by atomic mass is 9.81. The van der Waals surface area contributed by atoms with Crippen LogP contribution in [0.2, 0.25) is 0 Å². The molecule has 1 aliphatic heterocycles. The summed E-state index contributed by atoms with van der Waals surface area (Å²) in [5, 5.41) is 18.6. The molecular weight excluding hydrogens is 516 g/mol. The second kappa shape index (κ2) is 14.8. The van der Waals surface area contributed by atoms with E-state index in [0.29, 0.717) is 44.0 Å². The SMILES string of the molecule is CC1(C)C(/C=C/c2ccc(N(CCO)CCO)cc2)=[N+](CCCOC(=O)C(CS)CCS)c2ccccc21. The maximum absolute atomic E-state index is 12.4. The maximum Gasteiger partial charge on any atom is 0.309 e. The van der Waals surface area contributed by atoms with Crippen LogP contribution in [0.4, 0.5) is 11.4 Å². The fraction of sp³-hybridized carbons (Fsp3) is 0.467. The van der Waals surface area contributed by atoms with Crippen LogP contribution >= 0.6 is 25.3 Å². The number of nitrogens with zero attached hydrogens (tertiary/aromatic N) is 2. The van der Waals surface area contributed by atoms with Crippen LogP contribution in [-0.4, -0.2) is 77.4 Å². The molecule has 3 rings (SSSR count). The normalized spacial score (nSPS) is 15.1. The summed E-state index contributed by atoms with van der Waals surface area (Å²) < 4.78 is 7.90. The fourth-order valence-electron chi connectivity index (χ4n) is 4.92. The lowest BCUT2D eigenvalue weighted by Crippen LogP contribution is -2.29. The van der Waals surface area contributed by atoms with Gasteiger partial charge in [-0.15, -0.1) is 0 Å². The van der Waals surface area contributed by atoms with E-state index in [1.54, 1.807) is 0 Å². The minimum Gasteiger partial charge on any atom is -0.465 e. The summed E-state index contributed by atoms with van der Waals surface area (Å²) in [5.41, 5.74) is 5.52. The number of fused-ring (bicyclic) bond motifs is 1. The molecule has 0 amide bonds. The Hall–Kier alpha value is -2.26. The first kappa shape index (κ1) is 30.3. The summed E-state index contributed by atoms with van der Waals surface area (Å²) in [5.74, 6) is 0.701. The van der Waals surface area contributed by atoms with Crippen molar-refractivity contribution in [2.24, 2.45) is 5.92 Å². The third-order valence-electron chi connectivity index (χ3n) is 7.03. The van der Waals surface area contributed by atoms with Gasteiger partial charge in [-0.05, 0) is 49.8 Å². The van der Waals surface area contributed by atoms with Gasteiger partial charge in [-0.2, -0.15) is 29.8 Å². The van der Waals surface area contributed by atoms with Gasteiger partial charge in [0.1, 0.15) is 0 Å². The van der Waals surface area contributed by atoms with Crippen molar-refractivity contribution in [1.82, 2.24) is 0 Å². The number of carbonyl (C=O) groups excluding carboxylic acids is 1. The summed E-state index contributed by atoms with van der Waals surface area (Å²) in [6.07, 6.45) is 5.69. The van der Waals surface area contributed by atoms with Gasteiger partial charge in [-0.3, -0.25) is 4.79 Å². The highest BCUT2D eigenvalue weighted by atomic mass is 32.1. The number of esters is 1. The summed E-state index contributed by atoms with van der Waals surface area (Å²) in [6, 6.07) is 16.6. The molecule has 0 radical (unpaired) electrons. The summed E-state index contributed by atoms with van der Waals surface area (Å²) in [6.45, 7) is 6.62. The van der Waals surface area contributed by atoms with Crippen molar-refractivity contribution in [3.8, 4) is 0 Å². The molecule has 38 heavy (non-hydrogen) atoms. The first-order valence-electron chi connectivity index (χ1n) is 13.2. The molecular formula is C30H41N2O4S2+. The molecule has 0 spiro atoms. The lowest BCUT2D eigenvalue weighted by Gasteiger charge is -2.22. The van der Waals surface area contributed by atoms with Crippen molar-refractivity contribution in [2.75, 3.05) is 55.9 Å². The van der Waals surface area contributed by atoms with Gasteiger partial charge >= 0.3 is 5.97 Å². The van der Waals surface area contributed by atoms with E-state index in [1.807, 2.05) is 17.0 Å². The number of aliphatic hydroxyl groups is 2. The molecule has 1 heterocycles. The van der Waals surface area contributed by atoms with E-state index in [1.165, 1.54) is 17.0 Å². The van der Waals surface area contributed by atoms with Gasteiger partial charge in [-0.1, -0.05) is 30.3 Å². The van der Waals surface area contributed by atoms with Crippen molar-refractivity contribution in [2.45, 2.75) is 32.1 Å². The molecule has 2 aromatic rings. The Balaban J connectivity index is 1.78. The Morgan fingerprint density at radius 2 is 1.74 bits per heavy atom. The number of para-hydroxylation sites is 1. The number of aliphatic hydroxyl groups excluding tert-OH is 2. The third-order valence-corrected chi connectivity index (χ3v) is 7.73. The number of thiol groups is 2. The van der Waals surface area contributed by atoms with Crippen molar-refractivity contribution >= 4 is 54.4 Å². The highest BCUT2D eigenvalue weighted by Crippen LogP contribution is 2.40. The molecule has 0 saturated heterocycles. The van der Waals surface area contributed by atoms with E-state index in [4.69, 9.17) is 4.74 Å². The van der Waals surface area contributed by atoms with Crippen molar-refractivity contribution in [1.29, 1.82) is 0 Å². The zero-order chi connectivity index (χ0) is 27.5. The van der Waals surface area contributed by atoms with Crippen LogP contribution in [-0.2, 0) is 14.9 Å². The fourth-order valence-corrected chi connectivity index (χ4v) is 5.56. The first-order chi connectivity index (χ1) is 18.4. The number of hydrogen-bond donors (Lipinski definition) is 4. The molecule has 0 aromatic heterocycles. The Kier molecular flexibility index (Phi) is 11.8. The van der Waals surface area contributed by atoms with Gasteiger partial charge in [0.15, 0.2) is 12.3 Å². The number of anilines is 1. The van der Waals surface area contributed by atoms with E-state index >= 15 is 0 Å². The molecule has 1 unspecified atom stereocenters. The number of hydrogen-bond acceptors (Lipinski definition) is 7. The number of benzene rings is 2. The number of ether oxygens (including phenoxy) is 1. The summed E-state index contributed by atoms with van der Waals surface area (Å²) in [4.78, 5) is 14.3. The molecule has 0 aliphatic carbocycles. The van der Waals surface area contributed by atoms with Gasteiger partial charge in [0, 0.05) is 48.7 Å². The second-order valence-electron chi connectivity index (χ2n) is 9.95. The van der Waals surface area contributed by atoms with Crippen molar-refractivity contribution in [3.63, 3.8) is 0 Å². The maximum atomic E-state index is 12.4. The average Bonchev–Trinajstić information content (AvgIpc) is 3.14. The molecule has 6 nitrogen and oxygen atoms in total. The van der Waals surface area contributed by atoms with Crippen molar-refractivity contribution in [3.05, 3.63) is 65.7 Å². The average molecular weight is 558 g/mol. The molecule has 2 N–H and O–H groups in total. The van der Waals surface area contributed by atoms with Gasteiger partial charge in [0.05, 0.1) is 31.2 Å². The molecule has 0 saturated carbocycles. The van der Waals surface area contributed by atoms with Crippen molar-refractivity contribution < 1.29 is 24.3 Å². The summed E-state index contributed by atoms with van der Waals surface area (Å²) >= 11 is 8.51. The van der Waals surface area contributed by atoms with E-state index < -0.39 is 0 Å². The molecule has 2 aromatic carbocycles. The monoisotopic (exact) mass is 557 g/mol. The predicted molar refractivity (Wildman–Crippen MR) is 163 cm³/mol. The van der Waals surface area contributed by atoms with Crippen LogP contribution < -0.4 is 4.90 Å². The topological polar surface area (TPSA) is 73.0 Å². The van der Waals surface area contributed by atoms with E-state index in [2.05, 4.69) is 92.2 Å². The Morgan fingerprint density at radius 3 is 2.37 bits per heavy atom. The summed E-state index contributed by atoms with van der Waals surface area (Å²) in [7, 11) is 0. The van der Waals surface area contributed by atoms with Gasteiger partial charge in [0.2, 0.25) is 5.69 Å².